The van der Waals surface area contributed by atoms with Crippen molar-refractivity contribution in [1.82, 2.24) is 20.7 Å². The van der Waals surface area contributed by atoms with Crippen LogP contribution in [0.25, 0.3) is 11.3 Å². The fraction of sp³-hybridized carbons (Fsp3) is 0.0714. The van der Waals surface area contributed by atoms with E-state index in [1.54, 1.807) is 18.5 Å². The minimum Gasteiger partial charge on any atom is -0.355 e. The second kappa shape index (κ2) is 5.40. The molecule has 0 aliphatic carbocycles. The van der Waals surface area contributed by atoms with Gasteiger partial charge in [-0.05, 0) is 0 Å². The third-order valence-electron chi connectivity index (χ3n) is 2.81. The maximum atomic E-state index is 11.9. The molecule has 1 aromatic carbocycles. The van der Waals surface area contributed by atoms with Crippen molar-refractivity contribution in [2.45, 2.75) is 6.54 Å². The molecule has 0 spiro atoms. The molecule has 0 saturated carbocycles. The standard InChI is InChI=1S/C14H12N4O2/c19-14(15-7-10-8-16-17-9-10)12-6-13(20-18-12)11-4-2-1-3-5-11/h1-6,8-9H,7H2,(H,15,19)(H,16,17). The van der Waals surface area contributed by atoms with Crippen molar-refractivity contribution in [1.29, 1.82) is 0 Å². The van der Waals surface area contributed by atoms with Crippen LogP contribution in [0, 0.1) is 0 Å². The molecule has 0 unspecified atom stereocenters. The van der Waals surface area contributed by atoms with Crippen molar-refractivity contribution in [3.05, 3.63) is 60.0 Å². The minimum atomic E-state index is -0.280. The first-order chi connectivity index (χ1) is 9.83. The van der Waals surface area contributed by atoms with Gasteiger partial charge in [-0.1, -0.05) is 35.5 Å². The summed E-state index contributed by atoms with van der Waals surface area (Å²) >= 11 is 0. The van der Waals surface area contributed by atoms with E-state index in [9.17, 15) is 4.79 Å². The second-order valence-corrected chi connectivity index (χ2v) is 4.23. The number of aromatic nitrogens is 3. The smallest absolute Gasteiger partial charge is 0.273 e. The Kier molecular flexibility index (Phi) is 3.28. The highest BCUT2D eigenvalue weighted by molar-refractivity contribution is 5.93. The van der Waals surface area contributed by atoms with Gasteiger partial charge in [-0.25, -0.2) is 0 Å². The average Bonchev–Trinajstić information content (AvgIpc) is 3.17. The number of hydrogen-bond acceptors (Lipinski definition) is 4. The number of amides is 1. The molecule has 100 valence electrons. The first kappa shape index (κ1) is 12.2. The normalized spacial score (nSPS) is 10.4. The zero-order valence-electron chi connectivity index (χ0n) is 10.5. The Morgan fingerprint density at radius 2 is 2.15 bits per heavy atom. The van der Waals surface area contributed by atoms with Crippen molar-refractivity contribution in [2.75, 3.05) is 0 Å². The number of H-pyrrole nitrogens is 1. The van der Waals surface area contributed by atoms with Gasteiger partial charge in [0.2, 0.25) is 0 Å². The lowest BCUT2D eigenvalue weighted by molar-refractivity contribution is 0.0942. The number of carbonyl (C=O) groups is 1. The highest BCUT2D eigenvalue weighted by atomic mass is 16.5. The van der Waals surface area contributed by atoms with E-state index in [0.29, 0.717) is 12.3 Å². The number of rotatable bonds is 4. The lowest BCUT2D eigenvalue weighted by Gasteiger charge is -1.98. The molecule has 2 heterocycles. The molecule has 2 N–H and O–H groups in total. The molecule has 0 fully saturated rings. The number of nitrogens with one attached hydrogen (secondary N) is 2. The maximum absolute atomic E-state index is 11.9. The highest BCUT2D eigenvalue weighted by Crippen LogP contribution is 2.19. The molecule has 0 radical (unpaired) electrons. The Morgan fingerprint density at radius 3 is 2.90 bits per heavy atom. The van der Waals surface area contributed by atoms with Gasteiger partial charge >= 0.3 is 0 Å². The van der Waals surface area contributed by atoms with Crippen LogP contribution in [-0.2, 0) is 6.54 Å². The van der Waals surface area contributed by atoms with Crippen LogP contribution in [-0.4, -0.2) is 21.3 Å². The number of hydrogen-bond donors (Lipinski definition) is 2. The van der Waals surface area contributed by atoms with Crippen LogP contribution >= 0.6 is 0 Å². The Hall–Kier alpha value is -2.89. The van der Waals surface area contributed by atoms with Crippen LogP contribution < -0.4 is 5.32 Å². The molecule has 0 aliphatic rings. The molecule has 6 heteroatoms. The molecule has 6 nitrogen and oxygen atoms in total. The minimum absolute atomic E-state index is 0.257. The Balaban J connectivity index is 1.69. The van der Waals surface area contributed by atoms with Crippen molar-refractivity contribution in [3.8, 4) is 11.3 Å². The van der Waals surface area contributed by atoms with Gasteiger partial charge in [-0.15, -0.1) is 0 Å². The molecule has 0 bridgehead atoms. The van der Waals surface area contributed by atoms with Gasteiger partial charge < -0.3 is 9.84 Å². The van der Waals surface area contributed by atoms with E-state index in [2.05, 4.69) is 20.7 Å². The largest absolute Gasteiger partial charge is 0.355 e. The predicted molar refractivity (Wildman–Crippen MR) is 71.7 cm³/mol. The lowest BCUT2D eigenvalue weighted by Crippen LogP contribution is -2.22. The maximum Gasteiger partial charge on any atom is 0.273 e. The summed E-state index contributed by atoms with van der Waals surface area (Å²) < 4.78 is 5.18. The Labute approximate surface area is 114 Å². The summed E-state index contributed by atoms with van der Waals surface area (Å²) in [4.78, 5) is 11.9. The zero-order valence-corrected chi connectivity index (χ0v) is 10.5. The van der Waals surface area contributed by atoms with Gasteiger partial charge in [-0.2, -0.15) is 5.10 Å². The summed E-state index contributed by atoms with van der Waals surface area (Å²) in [5.74, 6) is 0.288. The molecule has 3 aromatic rings. The van der Waals surface area contributed by atoms with E-state index in [4.69, 9.17) is 4.52 Å². The Morgan fingerprint density at radius 1 is 1.30 bits per heavy atom. The topological polar surface area (TPSA) is 83.8 Å². The predicted octanol–water partition coefficient (Wildman–Crippen LogP) is 1.99. The van der Waals surface area contributed by atoms with E-state index in [1.165, 1.54) is 0 Å². The molecule has 0 aliphatic heterocycles. The van der Waals surface area contributed by atoms with Gasteiger partial charge in [0.15, 0.2) is 11.5 Å². The summed E-state index contributed by atoms with van der Waals surface area (Å²) in [5.41, 5.74) is 2.03. The lowest BCUT2D eigenvalue weighted by atomic mass is 10.1. The molecule has 0 saturated heterocycles. The molecule has 20 heavy (non-hydrogen) atoms. The SMILES string of the molecule is O=C(NCc1cn[nH]c1)c1cc(-c2ccccc2)on1. The van der Waals surface area contributed by atoms with Crippen LogP contribution in [0.5, 0.6) is 0 Å². The number of benzene rings is 1. The van der Waals surface area contributed by atoms with Gasteiger partial charge in [0.1, 0.15) is 0 Å². The van der Waals surface area contributed by atoms with Crippen molar-refractivity contribution in [2.24, 2.45) is 0 Å². The third kappa shape index (κ3) is 2.59. The van der Waals surface area contributed by atoms with Gasteiger partial charge in [0.05, 0.1) is 6.20 Å². The average molecular weight is 268 g/mol. The summed E-state index contributed by atoms with van der Waals surface area (Å²) in [5, 5.41) is 13.0. The van der Waals surface area contributed by atoms with E-state index >= 15 is 0 Å². The van der Waals surface area contributed by atoms with Crippen LogP contribution in [0.15, 0.2) is 53.3 Å². The number of nitrogens with zero attached hydrogens (tertiary/aromatic N) is 2. The second-order valence-electron chi connectivity index (χ2n) is 4.23. The monoisotopic (exact) mass is 268 g/mol. The van der Waals surface area contributed by atoms with Crippen LogP contribution in [0.1, 0.15) is 16.1 Å². The molecular weight excluding hydrogens is 256 g/mol. The quantitative estimate of drug-likeness (QED) is 0.758. The summed E-state index contributed by atoms with van der Waals surface area (Å²) in [6.45, 7) is 0.392. The first-order valence-electron chi connectivity index (χ1n) is 6.11. The molecule has 3 rings (SSSR count). The molecule has 0 atom stereocenters. The van der Waals surface area contributed by atoms with E-state index in [1.807, 2.05) is 30.3 Å². The van der Waals surface area contributed by atoms with E-state index < -0.39 is 0 Å². The van der Waals surface area contributed by atoms with Crippen molar-refractivity contribution < 1.29 is 9.32 Å². The van der Waals surface area contributed by atoms with Crippen molar-refractivity contribution in [3.63, 3.8) is 0 Å². The summed E-state index contributed by atoms with van der Waals surface area (Å²) in [6, 6.07) is 11.1. The fourth-order valence-electron chi connectivity index (χ4n) is 1.77. The van der Waals surface area contributed by atoms with E-state index in [0.717, 1.165) is 11.1 Å². The molecule has 1 amide bonds. The van der Waals surface area contributed by atoms with E-state index in [-0.39, 0.29) is 11.6 Å². The molecular formula is C14H12N4O2. The van der Waals surface area contributed by atoms with Crippen molar-refractivity contribution >= 4 is 5.91 Å². The third-order valence-corrected chi connectivity index (χ3v) is 2.81. The highest BCUT2D eigenvalue weighted by Gasteiger charge is 2.13. The number of carbonyl (C=O) groups excluding carboxylic acids is 1. The summed E-state index contributed by atoms with van der Waals surface area (Å²) in [6.07, 6.45) is 3.37. The van der Waals surface area contributed by atoms with Crippen LogP contribution in [0.3, 0.4) is 0 Å². The molecule has 2 aromatic heterocycles. The summed E-state index contributed by atoms with van der Waals surface area (Å²) in [7, 11) is 0. The van der Waals surface area contributed by atoms with Crippen LogP contribution in [0.4, 0.5) is 0 Å². The van der Waals surface area contributed by atoms with Crippen LogP contribution in [0.2, 0.25) is 0 Å². The van der Waals surface area contributed by atoms with Gasteiger partial charge in [0, 0.05) is 29.9 Å². The van der Waals surface area contributed by atoms with Gasteiger partial charge in [0.25, 0.3) is 5.91 Å². The fourth-order valence-corrected chi connectivity index (χ4v) is 1.77. The Bertz CT molecular complexity index is 689. The first-order valence-corrected chi connectivity index (χ1v) is 6.11. The van der Waals surface area contributed by atoms with Gasteiger partial charge in [-0.3, -0.25) is 9.89 Å². The zero-order chi connectivity index (χ0) is 13.8. The number of aromatic amines is 1.